The molecule has 3 aromatic rings. The van der Waals surface area contributed by atoms with Crippen LogP contribution in [-0.2, 0) is 0 Å². The van der Waals surface area contributed by atoms with Crippen LogP contribution in [0.3, 0.4) is 0 Å². The highest BCUT2D eigenvalue weighted by Gasteiger charge is 2.17. The first kappa shape index (κ1) is 14.5. The van der Waals surface area contributed by atoms with Gasteiger partial charge in [-0.2, -0.15) is 8.75 Å². The smallest absolute Gasteiger partial charge is 0.275 e. The van der Waals surface area contributed by atoms with E-state index in [-0.39, 0.29) is 15.9 Å². The van der Waals surface area contributed by atoms with Crippen molar-refractivity contribution in [3.63, 3.8) is 0 Å². The Balaban J connectivity index is 2.02. The molecule has 2 heterocycles. The van der Waals surface area contributed by atoms with Crippen molar-refractivity contribution >= 4 is 69.2 Å². The number of nitrogens with one attached hydrogen (secondary N) is 1. The Morgan fingerprint density at radius 3 is 2.62 bits per heavy atom. The molecule has 5 nitrogen and oxygen atoms in total. The van der Waals surface area contributed by atoms with Crippen LogP contribution in [0.1, 0.15) is 10.5 Å². The van der Waals surface area contributed by atoms with E-state index >= 15 is 0 Å². The van der Waals surface area contributed by atoms with E-state index in [4.69, 9.17) is 34.8 Å². The van der Waals surface area contributed by atoms with Crippen LogP contribution in [0, 0.1) is 0 Å². The van der Waals surface area contributed by atoms with Gasteiger partial charge in [0.25, 0.3) is 5.91 Å². The molecule has 0 aliphatic heterocycles. The fraction of sp³-hybridized carbons (Fsp3) is 0. The molecule has 21 heavy (non-hydrogen) atoms. The third kappa shape index (κ3) is 2.80. The predicted molar refractivity (Wildman–Crippen MR) is 84.6 cm³/mol. The van der Waals surface area contributed by atoms with Gasteiger partial charge in [0.2, 0.25) is 0 Å². The molecule has 0 radical (unpaired) electrons. The van der Waals surface area contributed by atoms with Gasteiger partial charge in [0.1, 0.15) is 21.9 Å². The number of aromatic nitrogens is 3. The average Bonchev–Trinajstić information content (AvgIpc) is 2.93. The summed E-state index contributed by atoms with van der Waals surface area (Å²) in [7, 11) is 0. The van der Waals surface area contributed by atoms with Crippen LogP contribution in [0.5, 0.6) is 0 Å². The SMILES string of the molecule is O=C(Nc1c(Cl)ccc2nsnc12)c1nc(Cl)ccc1Cl. The molecule has 1 N–H and O–H groups in total. The largest absolute Gasteiger partial charge is 0.317 e. The second-order valence-corrected chi connectivity index (χ2v) is 5.70. The summed E-state index contributed by atoms with van der Waals surface area (Å²) < 4.78 is 8.21. The minimum atomic E-state index is -0.523. The van der Waals surface area contributed by atoms with E-state index in [0.717, 1.165) is 11.7 Å². The minimum absolute atomic E-state index is 0.0143. The molecule has 0 spiro atoms. The van der Waals surface area contributed by atoms with Crippen LogP contribution in [0.25, 0.3) is 11.0 Å². The summed E-state index contributed by atoms with van der Waals surface area (Å²) in [5.74, 6) is -0.523. The molecule has 2 aromatic heterocycles. The number of benzene rings is 1. The third-order valence-electron chi connectivity index (χ3n) is 2.64. The Kier molecular flexibility index (Phi) is 3.95. The zero-order valence-corrected chi connectivity index (χ0v) is 13.2. The van der Waals surface area contributed by atoms with E-state index in [1.54, 1.807) is 12.1 Å². The first-order valence-electron chi connectivity index (χ1n) is 5.60. The average molecular weight is 360 g/mol. The van der Waals surface area contributed by atoms with Crippen molar-refractivity contribution < 1.29 is 4.79 Å². The van der Waals surface area contributed by atoms with Crippen molar-refractivity contribution in [2.24, 2.45) is 0 Å². The Bertz CT molecular complexity index is 852. The maximum absolute atomic E-state index is 12.3. The summed E-state index contributed by atoms with van der Waals surface area (Å²) in [5.41, 5.74) is 1.54. The van der Waals surface area contributed by atoms with Crippen LogP contribution < -0.4 is 5.32 Å². The molecule has 0 unspecified atom stereocenters. The molecular weight excluding hydrogens is 355 g/mol. The number of anilines is 1. The number of amides is 1. The molecule has 0 saturated carbocycles. The van der Waals surface area contributed by atoms with E-state index in [1.807, 2.05) is 0 Å². The molecule has 0 saturated heterocycles. The molecule has 0 bridgehead atoms. The van der Waals surface area contributed by atoms with E-state index in [0.29, 0.717) is 21.7 Å². The van der Waals surface area contributed by atoms with Crippen molar-refractivity contribution in [1.82, 2.24) is 13.7 Å². The Hall–Kier alpha value is -1.47. The first-order chi connectivity index (χ1) is 10.1. The molecule has 1 amide bonds. The monoisotopic (exact) mass is 358 g/mol. The standard InChI is InChI=1S/C12H5Cl3N4OS/c13-5-1-3-7-11(19-21-18-7)9(5)17-12(20)10-6(14)2-4-8(15)16-10/h1-4H,(H,17,20). The summed E-state index contributed by atoms with van der Waals surface area (Å²) in [5, 5.41) is 3.36. The van der Waals surface area contributed by atoms with Crippen LogP contribution in [0.2, 0.25) is 15.2 Å². The quantitative estimate of drug-likeness (QED) is 0.693. The van der Waals surface area contributed by atoms with E-state index < -0.39 is 5.91 Å². The lowest BCUT2D eigenvalue weighted by atomic mass is 10.2. The number of hydrogen-bond donors (Lipinski definition) is 1. The second-order valence-electron chi connectivity index (χ2n) is 3.97. The number of hydrogen-bond acceptors (Lipinski definition) is 5. The van der Waals surface area contributed by atoms with Gasteiger partial charge in [-0.05, 0) is 24.3 Å². The third-order valence-corrected chi connectivity index (χ3v) is 4.02. The summed E-state index contributed by atoms with van der Waals surface area (Å²) in [6.45, 7) is 0. The van der Waals surface area contributed by atoms with E-state index in [1.165, 1.54) is 12.1 Å². The lowest BCUT2D eigenvalue weighted by Gasteiger charge is -2.08. The molecule has 0 aliphatic carbocycles. The van der Waals surface area contributed by atoms with Gasteiger partial charge in [0, 0.05) is 0 Å². The van der Waals surface area contributed by atoms with Crippen LogP contribution in [-0.4, -0.2) is 19.6 Å². The summed E-state index contributed by atoms with van der Waals surface area (Å²) in [6, 6.07) is 6.35. The van der Waals surface area contributed by atoms with Crippen molar-refractivity contribution in [3.05, 3.63) is 45.2 Å². The molecule has 106 valence electrons. The molecule has 3 rings (SSSR count). The molecule has 0 aliphatic rings. The normalized spacial score (nSPS) is 10.8. The van der Waals surface area contributed by atoms with Gasteiger partial charge in [0.15, 0.2) is 0 Å². The highest BCUT2D eigenvalue weighted by Crippen LogP contribution is 2.30. The fourth-order valence-corrected chi connectivity index (χ4v) is 2.78. The number of rotatable bonds is 2. The number of fused-ring (bicyclic) bond motifs is 1. The number of pyridine rings is 1. The molecule has 9 heteroatoms. The minimum Gasteiger partial charge on any atom is -0.317 e. The van der Waals surface area contributed by atoms with Gasteiger partial charge >= 0.3 is 0 Å². The fourth-order valence-electron chi connectivity index (χ4n) is 1.70. The molecule has 0 atom stereocenters. The van der Waals surface area contributed by atoms with E-state index in [9.17, 15) is 4.79 Å². The van der Waals surface area contributed by atoms with Gasteiger partial charge in [-0.3, -0.25) is 4.79 Å². The Morgan fingerprint density at radius 2 is 1.81 bits per heavy atom. The maximum atomic E-state index is 12.3. The van der Waals surface area contributed by atoms with Crippen LogP contribution in [0.15, 0.2) is 24.3 Å². The zero-order chi connectivity index (χ0) is 15.0. The highest BCUT2D eigenvalue weighted by atomic mass is 35.5. The zero-order valence-electron chi connectivity index (χ0n) is 10.1. The predicted octanol–water partition coefficient (Wildman–Crippen LogP) is 4.30. The van der Waals surface area contributed by atoms with Crippen LogP contribution in [0.4, 0.5) is 5.69 Å². The molecule has 1 aromatic carbocycles. The Morgan fingerprint density at radius 1 is 1.05 bits per heavy atom. The lowest BCUT2D eigenvalue weighted by molar-refractivity contribution is 0.102. The van der Waals surface area contributed by atoms with Gasteiger partial charge in [-0.25, -0.2) is 4.98 Å². The van der Waals surface area contributed by atoms with Gasteiger partial charge < -0.3 is 5.32 Å². The topological polar surface area (TPSA) is 67.8 Å². The van der Waals surface area contributed by atoms with Crippen molar-refractivity contribution in [3.8, 4) is 0 Å². The van der Waals surface area contributed by atoms with Gasteiger partial charge in [-0.15, -0.1) is 0 Å². The second kappa shape index (κ2) is 5.73. The number of carbonyl (C=O) groups excluding carboxylic acids is 1. The van der Waals surface area contributed by atoms with E-state index in [2.05, 4.69) is 19.0 Å². The molecular formula is C12H5Cl3N4OS. The maximum Gasteiger partial charge on any atom is 0.275 e. The summed E-state index contributed by atoms with van der Waals surface area (Å²) in [4.78, 5) is 16.2. The Labute approximate surface area is 138 Å². The van der Waals surface area contributed by atoms with Gasteiger partial charge in [-0.1, -0.05) is 34.8 Å². The first-order valence-corrected chi connectivity index (χ1v) is 7.47. The van der Waals surface area contributed by atoms with Crippen molar-refractivity contribution in [1.29, 1.82) is 0 Å². The van der Waals surface area contributed by atoms with Crippen molar-refractivity contribution in [2.75, 3.05) is 5.32 Å². The number of halogens is 3. The van der Waals surface area contributed by atoms with Gasteiger partial charge in [0.05, 0.1) is 27.5 Å². The van der Waals surface area contributed by atoms with Crippen LogP contribution >= 0.6 is 46.5 Å². The summed E-state index contributed by atoms with van der Waals surface area (Å²) in [6.07, 6.45) is 0. The lowest BCUT2D eigenvalue weighted by Crippen LogP contribution is -2.15. The molecule has 0 fully saturated rings. The highest BCUT2D eigenvalue weighted by molar-refractivity contribution is 7.00. The summed E-state index contributed by atoms with van der Waals surface area (Å²) >= 11 is 18.9. The number of nitrogens with zero attached hydrogens (tertiary/aromatic N) is 3. The number of carbonyl (C=O) groups is 1. The van der Waals surface area contributed by atoms with Crippen molar-refractivity contribution in [2.45, 2.75) is 0 Å².